The fraction of sp³-hybridized carbons (Fsp3) is 0.833. The van der Waals surface area contributed by atoms with E-state index in [2.05, 4.69) is 20.8 Å². The fourth-order valence-corrected chi connectivity index (χ4v) is 4.16. The van der Waals surface area contributed by atoms with Gasteiger partial charge in [0.05, 0.1) is 6.61 Å². The Balaban J connectivity index is 4.69. The van der Waals surface area contributed by atoms with E-state index in [1.807, 2.05) is 20.8 Å². The summed E-state index contributed by atoms with van der Waals surface area (Å²) in [5.74, 6) is 0.773. The van der Waals surface area contributed by atoms with Crippen molar-refractivity contribution in [1.82, 2.24) is 0 Å². The molecule has 0 spiro atoms. The first-order valence-corrected chi connectivity index (χ1v) is 8.57. The predicted octanol–water partition coefficient (Wildman–Crippen LogP) is 4.30. The van der Waals surface area contributed by atoms with Crippen LogP contribution in [-0.2, 0) is 9.16 Å². The van der Waals surface area contributed by atoms with E-state index in [0.717, 1.165) is 29.7 Å². The highest BCUT2D eigenvalue weighted by Crippen LogP contribution is 2.26. The summed E-state index contributed by atoms with van der Waals surface area (Å²) in [6, 6.07) is 3.47. The monoisotopic (exact) mass is 230 g/mol. The first-order chi connectivity index (χ1) is 7.05. The molecule has 0 saturated heterocycles. The standard InChI is InChI=1S/C12H26O2Si/c1-7-13-12(11(5)6)14-15(8-2,9-3)10-4/h7-10H2,1-6H3. The van der Waals surface area contributed by atoms with Crippen molar-refractivity contribution in [1.29, 1.82) is 0 Å². The molecule has 0 aromatic rings. The third-order valence-electron chi connectivity index (χ3n) is 2.93. The first kappa shape index (κ1) is 14.6. The van der Waals surface area contributed by atoms with Gasteiger partial charge in [0.15, 0.2) is 0 Å². The number of hydrogen-bond donors (Lipinski definition) is 0. The quantitative estimate of drug-likeness (QED) is 0.479. The Hall–Kier alpha value is -0.443. The third-order valence-corrected chi connectivity index (χ3v) is 7.41. The van der Waals surface area contributed by atoms with E-state index in [-0.39, 0.29) is 0 Å². The molecule has 0 aromatic heterocycles. The summed E-state index contributed by atoms with van der Waals surface area (Å²) in [6.07, 6.45) is 0. The molecule has 0 saturated carbocycles. The summed E-state index contributed by atoms with van der Waals surface area (Å²) < 4.78 is 11.7. The van der Waals surface area contributed by atoms with E-state index in [0.29, 0.717) is 6.61 Å². The van der Waals surface area contributed by atoms with E-state index in [4.69, 9.17) is 9.16 Å². The van der Waals surface area contributed by atoms with Crippen molar-refractivity contribution in [2.45, 2.75) is 59.7 Å². The van der Waals surface area contributed by atoms with Crippen LogP contribution in [0.1, 0.15) is 41.5 Å². The molecule has 0 rings (SSSR count). The summed E-state index contributed by atoms with van der Waals surface area (Å²) in [7, 11) is -1.56. The normalized spacial score (nSPS) is 11.1. The third kappa shape index (κ3) is 4.28. The lowest BCUT2D eigenvalue weighted by Gasteiger charge is -2.30. The summed E-state index contributed by atoms with van der Waals surface area (Å²) in [4.78, 5) is 0. The molecule has 0 N–H and O–H groups in total. The first-order valence-electron chi connectivity index (χ1n) is 6.04. The van der Waals surface area contributed by atoms with Crippen LogP contribution < -0.4 is 0 Å². The smallest absolute Gasteiger partial charge is 0.263 e. The molecule has 0 aromatic carbocycles. The summed E-state index contributed by atoms with van der Waals surface area (Å²) in [5.41, 5.74) is 1.14. The van der Waals surface area contributed by atoms with Crippen LogP contribution >= 0.6 is 0 Å². The number of allylic oxidation sites excluding steroid dienone is 1. The maximum atomic E-state index is 6.18. The Morgan fingerprint density at radius 1 is 0.933 bits per heavy atom. The molecular formula is C12H26O2Si. The minimum atomic E-state index is -1.56. The lowest BCUT2D eigenvalue weighted by Crippen LogP contribution is -2.36. The molecule has 0 amide bonds. The van der Waals surface area contributed by atoms with Crippen molar-refractivity contribution in [2.75, 3.05) is 6.61 Å². The Bertz CT molecular complexity index is 195. The minimum Gasteiger partial charge on any atom is -0.519 e. The average molecular weight is 230 g/mol. The van der Waals surface area contributed by atoms with Crippen LogP contribution in [0, 0.1) is 0 Å². The van der Waals surface area contributed by atoms with Crippen molar-refractivity contribution in [3.8, 4) is 0 Å². The highest BCUT2D eigenvalue weighted by atomic mass is 28.4. The van der Waals surface area contributed by atoms with E-state index < -0.39 is 8.32 Å². The zero-order valence-electron chi connectivity index (χ0n) is 11.1. The number of rotatable bonds is 7. The van der Waals surface area contributed by atoms with Crippen LogP contribution in [0.2, 0.25) is 18.1 Å². The summed E-state index contributed by atoms with van der Waals surface area (Å²) in [5, 5.41) is 0. The predicted molar refractivity (Wildman–Crippen MR) is 68.3 cm³/mol. The van der Waals surface area contributed by atoms with Crippen molar-refractivity contribution in [3.05, 3.63) is 11.5 Å². The zero-order valence-corrected chi connectivity index (χ0v) is 12.1. The molecule has 0 heterocycles. The van der Waals surface area contributed by atoms with Crippen molar-refractivity contribution >= 4 is 8.32 Å². The molecule has 90 valence electrons. The molecule has 0 atom stereocenters. The second-order valence-corrected chi connectivity index (χ2v) is 8.76. The number of hydrogen-bond acceptors (Lipinski definition) is 2. The molecule has 2 nitrogen and oxygen atoms in total. The maximum Gasteiger partial charge on any atom is 0.263 e. The minimum absolute atomic E-state index is 0.683. The van der Waals surface area contributed by atoms with Gasteiger partial charge in [0.2, 0.25) is 0 Å². The van der Waals surface area contributed by atoms with E-state index in [1.165, 1.54) is 0 Å². The van der Waals surface area contributed by atoms with Gasteiger partial charge in [-0.1, -0.05) is 20.8 Å². The van der Waals surface area contributed by atoms with Gasteiger partial charge < -0.3 is 9.16 Å². The van der Waals surface area contributed by atoms with Crippen LogP contribution in [0.5, 0.6) is 0 Å². The van der Waals surface area contributed by atoms with Gasteiger partial charge in [-0.2, -0.15) is 0 Å². The number of ether oxygens (including phenoxy) is 1. The summed E-state index contributed by atoms with van der Waals surface area (Å²) >= 11 is 0. The zero-order chi connectivity index (χ0) is 11.9. The van der Waals surface area contributed by atoms with Crippen molar-refractivity contribution < 1.29 is 9.16 Å². The van der Waals surface area contributed by atoms with Gasteiger partial charge in [-0.25, -0.2) is 0 Å². The van der Waals surface area contributed by atoms with Gasteiger partial charge in [-0.15, -0.1) is 0 Å². The molecule has 15 heavy (non-hydrogen) atoms. The van der Waals surface area contributed by atoms with Crippen LogP contribution in [0.15, 0.2) is 11.5 Å². The van der Waals surface area contributed by atoms with Crippen LogP contribution in [0.25, 0.3) is 0 Å². The lowest BCUT2D eigenvalue weighted by molar-refractivity contribution is 0.105. The van der Waals surface area contributed by atoms with E-state index >= 15 is 0 Å². The van der Waals surface area contributed by atoms with Gasteiger partial charge in [-0.3, -0.25) is 0 Å². The molecule has 3 heteroatoms. The van der Waals surface area contributed by atoms with Crippen LogP contribution in [0.3, 0.4) is 0 Å². The van der Waals surface area contributed by atoms with Crippen molar-refractivity contribution in [2.24, 2.45) is 0 Å². The Morgan fingerprint density at radius 2 is 1.40 bits per heavy atom. The van der Waals surface area contributed by atoms with Crippen LogP contribution in [-0.4, -0.2) is 14.9 Å². The molecular weight excluding hydrogens is 204 g/mol. The van der Waals surface area contributed by atoms with Crippen molar-refractivity contribution in [3.63, 3.8) is 0 Å². The fourth-order valence-electron chi connectivity index (χ4n) is 1.57. The van der Waals surface area contributed by atoms with Gasteiger partial charge >= 0.3 is 0 Å². The molecule has 0 radical (unpaired) electrons. The van der Waals surface area contributed by atoms with Gasteiger partial charge in [0, 0.05) is 5.57 Å². The molecule has 0 fully saturated rings. The Morgan fingerprint density at radius 3 is 1.67 bits per heavy atom. The van der Waals surface area contributed by atoms with Gasteiger partial charge in [0.1, 0.15) is 0 Å². The Labute approximate surface area is 95.8 Å². The highest BCUT2D eigenvalue weighted by Gasteiger charge is 2.32. The van der Waals surface area contributed by atoms with E-state index in [1.54, 1.807) is 0 Å². The molecule has 0 unspecified atom stereocenters. The molecule has 0 aliphatic rings. The topological polar surface area (TPSA) is 18.5 Å². The molecule has 0 aliphatic carbocycles. The SMILES string of the molecule is CCOC(O[Si](CC)(CC)CC)=C(C)C. The summed E-state index contributed by atoms with van der Waals surface area (Å²) in [6.45, 7) is 13.5. The highest BCUT2D eigenvalue weighted by molar-refractivity contribution is 6.73. The van der Waals surface area contributed by atoms with Gasteiger partial charge in [0.25, 0.3) is 14.3 Å². The Kier molecular flexibility index (Phi) is 6.73. The maximum absolute atomic E-state index is 6.18. The van der Waals surface area contributed by atoms with E-state index in [9.17, 15) is 0 Å². The lowest BCUT2D eigenvalue weighted by atomic mass is 10.4. The largest absolute Gasteiger partial charge is 0.519 e. The second kappa shape index (κ2) is 6.93. The second-order valence-electron chi connectivity index (χ2n) is 4.07. The molecule has 0 aliphatic heterocycles. The molecule has 0 bridgehead atoms. The van der Waals surface area contributed by atoms with Gasteiger partial charge in [-0.05, 0) is 38.9 Å². The van der Waals surface area contributed by atoms with Crippen LogP contribution in [0.4, 0.5) is 0 Å². The average Bonchev–Trinajstić information content (AvgIpc) is 2.24.